The van der Waals surface area contributed by atoms with Crippen LogP contribution in [-0.4, -0.2) is 24.9 Å². The van der Waals surface area contributed by atoms with E-state index in [0.29, 0.717) is 17.5 Å². The number of nitrogens with zero attached hydrogens (tertiary/aromatic N) is 5. The maximum atomic E-state index is 4.98. The third-order valence-corrected chi connectivity index (χ3v) is 17.7. The first-order chi connectivity index (χ1) is 31.5. The Morgan fingerprint density at radius 2 is 0.768 bits per heavy atom. The molecule has 0 unspecified atom stereocenters. The normalized spacial score (nSPS) is 17.7. The molecule has 5 nitrogen and oxygen atoms in total. The fraction of sp³-hybridized carbons (Fsp3) is 0.413. The summed E-state index contributed by atoms with van der Waals surface area (Å²) in [5.41, 5.74) is 15.7. The van der Waals surface area contributed by atoms with Crippen molar-refractivity contribution in [2.45, 2.75) is 157 Å². The number of hydrogen-bond donors (Lipinski definition) is 0. The smallest absolute Gasteiger partial charge is 0.165 e. The van der Waals surface area contributed by atoms with E-state index in [4.69, 9.17) is 19.9 Å². The predicted octanol–water partition coefficient (Wildman–Crippen LogP) is 16.1. The van der Waals surface area contributed by atoms with E-state index in [1.807, 2.05) is 24.5 Å². The number of pyridine rings is 2. The van der Waals surface area contributed by atoms with Crippen molar-refractivity contribution < 1.29 is 20.1 Å². The summed E-state index contributed by atoms with van der Waals surface area (Å²) in [7, 11) is 0. The second-order valence-corrected chi connectivity index (χ2v) is 24.7. The van der Waals surface area contributed by atoms with Crippen LogP contribution in [0.1, 0.15) is 158 Å². The Hall–Kier alpha value is -5.16. The summed E-state index contributed by atoms with van der Waals surface area (Å²) in [5.74, 6) is 1.90. The van der Waals surface area contributed by atoms with E-state index in [9.17, 15) is 0 Å². The van der Waals surface area contributed by atoms with Crippen molar-refractivity contribution >= 4 is 0 Å². The first kappa shape index (κ1) is 51.7. The molecule has 361 valence electrons. The number of fused-ring (bicyclic) bond motifs is 2. The van der Waals surface area contributed by atoms with Gasteiger partial charge < -0.3 is 9.97 Å². The van der Waals surface area contributed by atoms with Crippen LogP contribution in [0.2, 0.25) is 0 Å². The Balaban J connectivity index is 0.000000267. The number of benzene rings is 4. The maximum absolute atomic E-state index is 4.98. The Morgan fingerprint density at radius 1 is 0.406 bits per heavy atom. The van der Waals surface area contributed by atoms with Gasteiger partial charge >= 0.3 is 0 Å². The van der Waals surface area contributed by atoms with Gasteiger partial charge in [0.25, 0.3) is 0 Å². The van der Waals surface area contributed by atoms with Crippen molar-refractivity contribution in [2.75, 3.05) is 0 Å². The summed E-state index contributed by atoms with van der Waals surface area (Å²) in [6.45, 7) is 41.8. The zero-order valence-electron chi connectivity index (χ0n) is 44.5. The zero-order chi connectivity index (χ0) is 49.6. The van der Waals surface area contributed by atoms with Crippen molar-refractivity contribution in [3.05, 3.63) is 161 Å². The molecule has 1 radical (unpaired) electrons. The summed E-state index contributed by atoms with van der Waals surface area (Å²) in [5, 5.41) is 0. The van der Waals surface area contributed by atoms with Crippen LogP contribution in [0, 0.1) is 23.0 Å². The topological polar surface area (TPSA) is 64.5 Å². The number of rotatable bonds is 5. The van der Waals surface area contributed by atoms with Crippen LogP contribution in [-0.2, 0) is 52.6 Å². The molecule has 2 aliphatic carbocycles. The maximum Gasteiger partial charge on any atom is 0.165 e. The molecule has 3 heterocycles. The average molecular weight is 1090 g/mol. The van der Waals surface area contributed by atoms with Gasteiger partial charge in [-0.15, -0.1) is 69.8 Å². The van der Waals surface area contributed by atoms with E-state index >= 15 is 0 Å². The third kappa shape index (κ3) is 8.77. The van der Waals surface area contributed by atoms with Gasteiger partial charge in [0.05, 0.1) is 0 Å². The van der Waals surface area contributed by atoms with Crippen molar-refractivity contribution in [3.63, 3.8) is 0 Å². The summed E-state index contributed by atoms with van der Waals surface area (Å²) >= 11 is 0. The Kier molecular flexibility index (Phi) is 13.2. The number of aromatic nitrogens is 5. The Bertz CT molecular complexity index is 2900. The largest absolute Gasteiger partial charge is 0.305 e. The first-order valence-electron chi connectivity index (χ1n) is 24.5. The standard InChI is InChI=1S/C43H49N4.C20H24N.Ir/c1-39(2,3)31-19-13-27(14-20-31)36-45-37(28-15-21-32(22-16-28)40(4,5)6)47-38(46-36)30-18-24-35(44-26-30)29-17-23-33-34(25-29)42(9,10)43(11,12)41(33,7)8;1-18(2)15-11-10-14(17-9-7-8-12-21-17)13-16(15)19(3,4)20(18,5)6;/h13-16,18-26H,1-12H3;7-9,11-13H,1-6H3;/q2*-1;. The van der Waals surface area contributed by atoms with Crippen molar-refractivity contribution in [2.24, 2.45) is 10.8 Å². The van der Waals surface area contributed by atoms with Gasteiger partial charge in [-0.2, -0.15) is 0 Å². The van der Waals surface area contributed by atoms with E-state index in [2.05, 4.69) is 233 Å². The average Bonchev–Trinajstić information content (AvgIpc) is 3.48. The molecule has 0 bridgehead atoms. The number of hydrogen-bond acceptors (Lipinski definition) is 5. The molecule has 3 aromatic heterocycles. The fourth-order valence-corrected chi connectivity index (χ4v) is 10.5. The first-order valence-corrected chi connectivity index (χ1v) is 24.5. The van der Waals surface area contributed by atoms with E-state index in [1.54, 1.807) is 0 Å². The van der Waals surface area contributed by atoms with Crippen LogP contribution in [0.15, 0.2) is 116 Å². The van der Waals surface area contributed by atoms with E-state index < -0.39 is 0 Å². The van der Waals surface area contributed by atoms with E-state index in [0.717, 1.165) is 39.2 Å². The summed E-state index contributed by atoms with van der Waals surface area (Å²) in [6.07, 6.45) is 3.72. The molecule has 0 spiro atoms. The SMILES string of the molecule is CC(C)(C)c1ccc(-c2nc(-c3ccc(C(C)(C)C)cc3)nc(-c3ccc(-c4[c-]cc5c(c4)C(C)(C)C(C)(C)C5(C)C)nc3)n2)cc1.CC1(C)c2c[c-]c(-c3ccccn3)cc2C(C)(C)C1(C)C.[Ir]. The van der Waals surface area contributed by atoms with Gasteiger partial charge in [0, 0.05) is 49.2 Å². The minimum absolute atomic E-state index is 0. The molecule has 7 aromatic rings. The Labute approximate surface area is 428 Å². The zero-order valence-corrected chi connectivity index (χ0v) is 46.9. The van der Waals surface area contributed by atoms with Gasteiger partial charge in [0.2, 0.25) is 0 Å². The van der Waals surface area contributed by atoms with Crippen LogP contribution in [0.25, 0.3) is 56.7 Å². The van der Waals surface area contributed by atoms with Gasteiger partial charge in [0.15, 0.2) is 17.5 Å². The molecule has 0 fully saturated rings. The summed E-state index contributed by atoms with van der Waals surface area (Å²) < 4.78 is 0. The molecule has 69 heavy (non-hydrogen) atoms. The monoisotopic (exact) mass is 1090 g/mol. The molecular formula is C63H73IrN5-2. The van der Waals surface area contributed by atoms with Gasteiger partial charge in [0.1, 0.15) is 0 Å². The molecule has 4 aromatic carbocycles. The minimum atomic E-state index is 0. The predicted molar refractivity (Wildman–Crippen MR) is 284 cm³/mol. The van der Waals surface area contributed by atoms with Crippen LogP contribution in [0.3, 0.4) is 0 Å². The molecule has 0 saturated heterocycles. The summed E-state index contributed by atoms with van der Waals surface area (Å²) in [4.78, 5) is 24.3. The van der Waals surface area contributed by atoms with Crippen molar-refractivity contribution in [1.29, 1.82) is 0 Å². The van der Waals surface area contributed by atoms with Crippen molar-refractivity contribution in [3.8, 4) is 56.7 Å². The molecule has 0 aliphatic heterocycles. The quantitative estimate of drug-likeness (QED) is 0.161. The molecular weight excluding hydrogens is 1020 g/mol. The van der Waals surface area contributed by atoms with E-state index in [1.165, 1.54) is 33.4 Å². The fourth-order valence-electron chi connectivity index (χ4n) is 10.5. The molecule has 0 amide bonds. The molecule has 0 saturated carbocycles. The molecule has 6 heteroatoms. The molecule has 2 aliphatic rings. The second-order valence-electron chi connectivity index (χ2n) is 24.7. The van der Waals surface area contributed by atoms with Crippen LogP contribution in [0.4, 0.5) is 0 Å². The van der Waals surface area contributed by atoms with Gasteiger partial charge in [-0.25, -0.2) is 15.0 Å². The molecule has 0 N–H and O–H groups in total. The second kappa shape index (κ2) is 17.6. The van der Waals surface area contributed by atoms with E-state index in [-0.39, 0.29) is 63.4 Å². The van der Waals surface area contributed by atoms with Gasteiger partial charge in [-0.1, -0.05) is 197 Å². The summed E-state index contributed by atoms with van der Waals surface area (Å²) in [6, 6.07) is 43.3. The van der Waals surface area contributed by atoms with Crippen LogP contribution in [0.5, 0.6) is 0 Å². The minimum Gasteiger partial charge on any atom is -0.305 e. The third-order valence-electron chi connectivity index (χ3n) is 17.7. The van der Waals surface area contributed by atoms with Crippen LogP contribution < -0.4 is 0 Å². The Morgan fingerprint density at radius 3 is 1.12 bits per heavy atom. The van der Waals surface area contributed by atoms with Crippen LogP contribution >= 0.6 is 0 Å². The van der Waals surface area contributed by atoms with Gasteiger partial charge in [-0.05, 0) is 71.9 Å². The van der Waals surface area contributed by atoms with Gasteiger partial charge in [-0.3, -0.25) is 0 Å². The molecule has 0 atom stereocenters. The van der Waals surface area contributed by atoms with Crippen molar-refractivity contribution in [1.82, 2.24) is 24.9 Å². The molecule has 9 rings (SSSR count).